The number of nitrogens with one attached hydrogen (secondary N) is 1. The molecule has 5 nitrogen and oxygen atoms in total. The lowest BCUT2D eigenvalue weighted by Gasteiger charge is -2.13. The molecule has 1 N–H and O–H groups in total. The number of hydrogen-bond acceptors (Lipinski definition) is 3. The Balaban J connectivity index is 2.34. The molecule has 1 aromatic rings. The summed E-state index contributed by atoms with van der Waals surface area (Å²) in [5.74, 6) is 0. The third-order valence-electron chi connectivity index (χ3n) is 3.24. The smallest absolute Gasteiger partial charge is 0.314 e. The van der Waals surface area contributed by atoms with Gasteiger partial charge in [0.15, 0.2) is 0 Å². The highest BCUT2D eigenvalue weighted by Crippen LogP contribution is 2.09. The Labute approximate surface area is 93.7 Å². The third-order valence-corrected chi connectivity index (χ3v) is 3.24. The number of rotatable bonds is 2. The monoisotopic (exact) mass is 223 g/mol. The van der Waals surface area contributed by atoms with Crippen LogP contribution in [0.25, 0.3) is 0 Å². The van der Waals surface area contributed by atoms with Crippen molar-refractivity contribution in [1.29, 1.82) is 0 Å². The van der Waals surface area contributed by atoms with E-state index in [1.807, 2.05) is 0 Å². The Bertz CT molecular complexity index is 495. The van der Waals surface area contributed by atoms with Gasteiger partial charge >= 0.3 is 5.69 Å². The van der Waals surface area contributed by atoms with E-state index in [1.165, 1.54) is 13.5 Å². The van der Waals surface area contributed by atoms with E-state index in [0.29, 0.717) is 6.04 Å². The van der Waals surface area contributed by atoms with Crippen molar-refractivity contribution in [3.05, 3.63) is 32.6 Å². The molecule has 16 heavy (non-hydrogen) atoms. The molecule has 0 amide bonds. The minimum atomic E-state index is -0.250. The van der Waals surface area contributed by atoms with Gasteiger partial charge in [0.1, 0.15) is 0 Å². The number of hydrogen-bond donors (Lipinski definition) is 1. The number of aromatic nitrogens is 2. The molecule has 1 aliphatic rings. The first kappa shape index (κ1) is 11.1. The molecule has 1 aliphatic heterocycles. The quantitative estimate of drug-likeness (QED) is 0.727. The molecule has 1 saturated heterocycles. The summed E-state index contributed by atoms with van der Waals surface area (Å²) in [4.78, 5) is 23.2. The highest BCUT2D eigenvalue weighted by atomic mass is 16.2. The van der Waals surface area contributed by atoms with Crippen molar-refractivity contribution in [2.75, 3.05) is 6.54 Å². The fraction of sp³-hybridized carbons (Fsp3) is 0.636. The first-order valence-corrected chi connectivity index (χ1v) is 5.59. The summed E-state index contributed by atoms with van der Waals surface area (Å²) in [7, 11) is 3.22. The molecule has 5 heteroatoms. The Morgan fingerprint density at radius 2 is 2.12 bits per heavy atom. The van der Waals surface area contributed by atoms with E-state index < -0.39 is 0 Å². The highest BCUT2D eigenvalue weighted by molar-refractivity contribution is 5.05. The zero-order chi connectivity index (χ0) is 11.7. The van der Waals surface area contributed by atoms with Crippen LogP contribution in [0.2, 0.25) is 0 Å². The van der Waals surface area contributed by atoms with Crippen LogP contribution in [0.5, 0.6) is 0 Å². The van der Waals surface area contributed by atoms with Crippen molar-refractivity contribution < 1.29 is 0 Å². The van der Waals surface area contributed by atoms with Gasteiger partial charge in [0.2, 0.25) is 0 Å². The van der Waals surface area contributed by atoms with Crippen LogP contribution in [-0.4, -0.2) is 21.7 Å². The van der Waals surface area contributed by atoms with E-state index in [1.54, 1.807) is 17.7 Å². The first-order chi connectivity index (χ1) is 7.59. The predicted molar refractivity (Wildman–Crippen MR) is 61.7 cm³/mol. The second-order valence-electron chi connectivity index (χ2n) is 4.37. The molecule has 0 saturated carbocycles. The first-order valence-electron chi connectivity index (χ1n) is 5.59. The van der Waals surface area contributed by atoms with Gasteiger partial charge in [-0.3, -0.25) is 9.36 Å². The fourth-order valence-electron chi connectivity index (χ4n) is 2.16. The molecule has 0 radical (unpaired) electrons. The van der Waals surface area contributed by atoms with Gasteiger partial charge in [-0.1, -0.05) is 0 Å². The largest absolute Gasteiger partial charge is 0.330 e. The summed E-state index contributed by atoms with van der Waals surface area (Å²) < 4.78 is 2.69. The van der Waals surface area contributed by atoms with Crippen LogP contribution < -0.4 is 16.6 Å². The number of nitrogens with zero attached hydrogens (tertiary/aromatic N) is 2. The fourth-order valence-corrected chi connectivity index (χ4v) is 2.16. The average molecular weight is 223 g/mol. The molecule has 1 aromatic heterocycles. The minimum Gasteiger partial charge on any atom is -0.314 e. The molecule has 0 bridgehead atoms. The van der Waals surface area contributed by atoms with Gasteiger partial charge in [-0.15, -0.1) is 0 Å². The molecule has 2 rings (SSSR count). The summed E-state index contributed by atoms with van der Waals surface area (Å²) in [6.45, 7) is 1.03. The van der Waals surface area contributed by atoms with Crippen molar-refractivity contribution in [2.24, 2.45) is 14.1 Å². The molecule has 1 fully saturated rings. The molecule has 2 heterocycles. The third kappa shape index (κ3) is 1.95. The summed E-state index contributed by atoms with van der Waals surface area (Å²) in [5, 5.41) is 3.36. The second-order valence-corrected chi connectivity index (χ2v) is 4.37. The van der Waals surface area contributed by atoms with Gasteiger partial charge in [0, 0.05) is 38.3 Å². The zero-order valence-electron chi connectivity index (χ0n) is 9.69. The lowest BCUT2D eigenvalue weighted by molar-refractivity contribution is 0.559. The molecule has 0 aliphatic carbocycles. The van der Waals surface area contributed by atoms with Crippen molar-refractivity contribution in [1.82, 2.24) is 14.5 Å². The molecule has 1 unspecified atom stereocenters. The van der Waals surface area contributed by atoms with E-state index in [9.17, 15) is 9.59 Å². The summed E-state index contributed by atoms with van der Waals surface area (Å²) in [6.07, 6.45) is 3.04. The van der Waals surface area contributed by atoms with Crippen LogP contribution in [0, 0.1) is 0 Å². The van der Waals surface area contributed by atoms with E-state index in [0.717, 1.165) is 29.6 Å². The molecular formula is C11H17N3O2. The Morgan fingerprint density at radius 1 is 1.38 bits per heavy atom. The average Bonchev–Trinajstić information content (AvgIpc) is 2.76. The summed E-state index contributed by atoms with van der Waals surface area (Å²) in [6, 6.07) is 1.96. The summed E-state index contributed by atoms with van der Waals surface area (Å²) in [5.41, 5.74) is 0.337. The Morgan fingerprint density at radius 3 is 2.75 bits per heavy atom. The predicted octanol–water partition coefficient (Wildman–Crippen LogP) is -0.621. The van der Waals surface area contributed by atoms with E-state index in [4.69, 9.17) is 0 Å². The van der Waals surface area contributed by atoms with E-state index >= 15 is 0 Å². The van der Waals surface area contributed by atoms with Crippen molar-refractivity contribution >= 4 is 0 Å². The van der Waals surface area contributed by atoms with E-state index in [-0.39, 0.29) is 11.2 Å². The topological polar surface area (TPSA) is 56.0 Å². The molecule has 0 spiro atoms. The van der Waals surface area contributed by atoms with Gasteiger partial charge in [-0.05, 0) is 19.4 Å². The van der Waals surface area contributed by atoms with Gasteiger partial charge in [0.05, 0.1) is 0 Å². The molecule has 0 aromatic carbocycles. The summed E-state index contributed by atoms with van der Waals surface area (Å²) >= 11 is 0. The molecule has 1 atom stereocenters. The van der Waals surface area contributed by atoms with Crippen molar-refractivity contribution in [3.8, 4) is 0 Å². The van der Waals surface area contributed by atoms with Gasteiger partial charge < -0.3 is 9.88 Å². The van der Waals surface area contributed by atoms with Crippen LogP contribution >= 0.6 is 0 Å². The van der Waals surface area contributed by atoms with Crippen LogP contribution in [-0.2, 0) is 20.5 Å². The molecule has 88 valence electrons. The maximum absolute atomic E-state index is 11.7. The van der Waals surface area contributed by atoms with Gasteiger partial charge in [-0.25, -0.2) is 4.79 Å². The Hall–Kier alpha value is -1.36. The normalized spacial score (nSPS) is 20.2. The maximum atomic E-state index is 11.7. The zero-order valence-corrected chi connectivity index (χ0v) is 9.69. The van der Waals surface area contributed by atoms with Gasteiger partial charge in [0.25, 0.3) is 5.56 Å². The lowest BCUT2D eigenvalue weighted by atomic mass is 10.1. The van der Waals surface area contributed by atoms with Crippen molar-refractivity contribution in [2.45, 2.75) is 25.3 Å². The van der Waals surface area contributed by atoms with E-state index in [2.05, 4.69) is 5.32 Å². The lowest BCUT2D eigenvalue weighted by Crippen LogP contribution is -2.39. The van der Waals surface area contributed by atoms with Crippen LogP contribution in [0.3, 0.4) is 0 Å². The highest BCUT2D eigenvalue weighted by Gasteiger charge is 2.16. The van der Waals surface area contributed by atoms with Crippen LogP contribution in [0.15, 0.2) is 15.7 Å². The molecular weight excluding hydrogens is 206 g/mol. The minimum absolute atomic E-state index is 0.226. The Kier molecular flexibility index (Phi) is 2.96. The van der Waals surface area contributed by atoms with Gasteiger partial charge in [-0.2, -0.15) is 0 Å². The van der Waals surface area contributed by atoms with Crippen molar-refractivity contribution in [3.63, 3.8) is 0 Å². The van der Waals surface area contributed by atoms with Crippen LogP contribution in [0.4, 0.5) is 0 Å². The maximum Gasteiger partial charge on any atom is 0.330 e. The SMILES string of the molecule is Cn1c(CC2CCCN2)cc(=O)n(C)c1=O. The van der Waals surface area contributed by atoms with Crippen LogP contribution in [0.1, 0.15) is 18.5 Å². The standard InChI is InChI=1S/C11H17N3O2/c1-13-9(6-8-4-3-5-12-8)7-10(15)14(2)11(13)16/h7-8,12H,3-6H2,1-2H3. The second kappa shape index (κ2) is 4.25.